The fourth-order valence-corrected chi connectivity index (χ4v) is 0.881. The van der Waals surface area contributed by atoms with E-state index in [1.165, 1.54) is 0 Å². The van der Waals surface area contributed by atoms with Gasteiger partial charge in [-0.1, -0.05) is 12.1 Å². The van der Waals surface area contributed by atoms with Gasteiger partial charge in [-0.25, -0.2) is 4.85 Å². The zero-order chi connectivity index (χ0) is 9.68. The lowest BCUT2D eigenvalue weighted by Gasteiger charge is -2.01. The van der Waals surface area contributed by atoms with Crippen molar-refractivity contribution in [3.05, 3.63) is 35.7 Å². The topological polar surface area (TPSA) is 33.5 Å². The van der Waals surface area contributed by atoms with Crippen molar-refractivity contribution in [2.24, 2.45) is 0 Å². The molecular formula is C9H7ClN2O. The summed E-state index contributed by atoms with van der Waals surface area (Å²) in [5.74, 6) is -0.317. The third-order valence-electron chi connectivity index (χ3n) is 1.40. The maximum absolute atomic E-state index is 10.8. The van der Waals surface area contributed by atoms with Gasteiger partial charge in [0.2, 0.25) is 5.91 Å². The van der Waals surface area contributed by atoms with Gasteiger partial charge in [-0.15, -0.1) is 11.6 Å². The average Bonchev–Trinajstić information content (AvgIpc) is 2.19. The van der Waals surface area contributed by atoms with Crippen molar-refractivity contribution in [2.75, 3.05) is 11.2 Å². The van der Waals surface area contributed by atoms with Crippen LogP contribution in [0.3, 0.4) is 0 Å². The summed E-state index contributed by atoms with van der Waals surface area (Å²) < 4.78 is 0. The van der Waals surface area contributed by atoms with E-state index in [4.69, 9.17) is 18.2 Å². The summed E-state index contributed by atoms with van der Waals surface area (Å²) in [5, 5.41) is 2.57. The monoisotopic (exact) mass is 194 g/mol. The summed E-state index contributed by atoms with van der Waals surface area (Å²) in [6.07, 6.45) is 0. The third kappa shape index (κ3) is 2.77. The maximum atomic E-state index is 10.8. The standard InChI is InChI=1S/C9H7ClN2O/c1-11-7-2-4-8(5-3-7)12-9(13)6-10/h2-5H,6H2,(H,12,13). The Hall–Kier alpha value is -1.53. The summed E-state index contributed by atoms with van der Waals surface area (Å²) in [6.45, 7) is 6.71. The van der Waals surface area contributed by atoms with Gasteiger partial charge >= 0.3 is 0 Å². The Bertz CT molecular complexity index is 340. The van der Waals surface area contributed by atoms with E-state index < -0.39 is 0 Å². The van der Waals surface area contributed by atoms with Gasteiger partial charge in [-0.3, -0.25) is 4.79 Å². The summed E-state index contributed by atoms with van der Waals surface area (Å²) in [4.78, 5) is 14.1. The fourth-order valence-electron chi connectivity index (χ4n) is 0.814. The van der Waals surface area contributed by atoms with Gasteiger partial charge in [0.25, 0.3) is 0 Å². The number of carbonyl (C=O) groups excluding carboxylic acids is 1. The van der Waals surface area contributed by atoms with Crippen LogP contribution in [0.25, 0.3) is 4.85 Å². The number of hydrogen-bond donors (Lipinski definition) is 1. The molecule has 1 N–H and O–H groups in total. The predicted octanol–water partition coefficient (Wildman–Crippen LogP) is 2.41. The molecule has 0 aliphatic carbocycles. The Labute approximate surface area is 81.1 Å². The molecule has 0 saturated carbocycles. The highest BCUT2D eigenvalue weighted by molar-refractivity contribution is 6.29. The van der Waals surface area contributed by atoms with Gasteiger partial charge in [0, 0.05) is 5.69 Å². The molecule has 0 unspecified atom stereocenters. The molecule has 0 saturated heterocycles. The number of anilines is 1. The Morgan fingerprint density at radius 3 is 2.54 bits per heavy atom. The van der Waals surface area contributed by atoms with Crippen molar-refractivity contribution >= 4 is 28.9 Å². The van der Waals surface area contributed by atoms with Crippen molar-refractivity contribution in [1.82, 2.24) is 0 Å². The molecule has 0 aliphatic rings. The normalized spacial score (nSPS) is 8.92. The average molecular weight is 195 g/mol. The highest BCUT2D eigenvalue weighted by atomic mass is 35.5. The number of carbonyl (C=O) groups is 1. The lowest BCUT2D eigenvalue weighted by Crippen LogP contribution is -2.12. The van der Waals surface area contributed by atoms with Gasteiger partial charge in [-0.2, -0.15) is 0 Å². The minimum absolute atomic E-state index is 0.0649. The molecule has 0 atom stereocenters. The zero-order valence-electron chi connectivity index (χ0n) is 6.75. The van der Waals surface area contributed by atoms with E-state index >= 15 is 0 Å². The molecule has 4 heteroatoms. The molecule has 0 aromatic heterocycles. The molecule has 66 valence electrons. The zero-order valence-corrected chi connectivity index (χ0v) is 7.51. The van der Waals surface area contributed by atoms with Crippen molar-refractivity contribution in [3.63, 3.8) is 0 Å². The second-order valence-corrected chi connectivity index (χ2v) is 2.61. The molecule has 0 fully saturated rings. The molecule has 1 amide bonds. The van der Waals surface area contributed by atoms with Crippen LogP contribution in [-0.2, 0) is 4.79 Å². The molecule has 0 aliphatic heterocycles. The van der Waals surface area contributed by atoms with Gasteiger partial charge in [0.1, 0.15) is 5.88 Å². The van der Waals surface area contributed by atoms with E-state index in [0.717, 1.165) is 0 Å². The van der Waals surface area contributed by atoms with E-state index in [1.807, 2.05) is 0 Å². The highest BCUT2D eigenvalue weighted by Gasteiger charge is 1.98. The summed E-state index contributed by atoms with van der Waals surface area (Å²) >= 11 is 5.30. The van der Waals surface area contributed by atoms with Crippen LogP contribution in [0.5, 0.6) is 0 Å². The highest BCUT2D eigenvalue weighted by Crippen LogP contribution is 2.15. The fraction of sp³-hybridized carbons (Fsp3) is 0.111. The summed E-state index contributed by atoms with van der Waals surface area (Å²) in [5.41, 5.74) is 1.20. The van der Waals surface area contributed by atoms with E-state index in [0.29, 0.717) is 11.4 Å². The van der Waals surface area contributed by atoms with Gasteiger partial charge < -0.3 is 5.32 Å². The number of amides is 1. The van der Waals surface area contributed by atoms with Crippen molar-refractivity contribution < 1.29 is 4.79 Å². The second-order valence-electron chi connectivity index (χ2n) is 2.34. The number of hydrogen-bond acceptors (Lipinski definition) is 1. The van der Waals surface area contributed by atoms with Gasteiger partial charge in [0.15, 0.2) is 5.69 Å². The number of halogens is 1. The molecule has 1 aromatic rings. The first-order valence-corrected chi connectivity index (χ1v) is 4.13. The Kier molecular flexibility index (Phi) is 3.30. The largest absolute Gasteiger partial charge is 0.325 e. The molecular weight excluding hydrogens is 188 g/mol. The van der Waals surface area contributed by atoms with Crippen LogP contribution in [0.15, 0.2) is 24.3 Å². The lowest BCUT2D eigenvalue weighted by molar-refractivity contribution is -0.113. The lowest BCUT2D eigenvalue weighted by atomic mass is 10.3. The molecule has 0 heterocycles. The van der Waals surface area contributed by atoms with E-state index in [1.54, 1.807) is 24.3 Å². The van der Waals surface area contributed by atoms with Crippen molar-refractivity contribution in [2.45, 2.75) is 0 Å². The summed E-state index contributed by atoms with van der Waals surface area (Å²) in [6, 6.07) is 6.60. The van der Waals surface area contributed by atoms with Gasteiger partial charge in [-0.05, 0) is 12.1 Å². The quantitative estimate of drug-likeness (QED) is 0.569. The van der Waals surface area contributed by atoms with Crippen molar-refractivity contribution in [1.29, 1.82) is 0 Å². The number of nitrogens with zero attached hydrogens (tertiary/aromatic N) is 1. The van der Waals surface area contributed by atoms with Crippen molar-refractivity contribution in [3.8, 4) is 0 Å². The van der Waals surface area contributed by atoms with Crippen LogP contribution >= 0.6 is 11.6 Å². The molecule has 1 aromatic carbocycles. The van der Waals surface area contributed by atoms with Crippen LogP contribution in [0.4, 0.5) is 11.4 Å². The van der Waals surface area contributed by atoms with E-state index in [9.17, 15) is 4.79 Å². The SMILES string of the molecule is [C-]#[N+]c1ccc(NC(=O)CCl)cc1. The number of rotatable bonds is 2. The minimum Gasteiger partial charge on any atom is -0.325 e. The number of alkyl halides is 1. The molecule has 0 bridgehead atoms. The molecule has 0 radical (unpaired) electrons. The summed E-state index contributed by atoms with van der Waals surface area (Å²) in [7, 11) is 0. The molecule has 13 heavy (non-hydrogen) atoms. The first-order valence-electron chi connectivity index (χ1n) is 3.59. The second kappa shape index (κ2) is 4.48. The van der Waals surface area contributed by atoms with Crippen LogP contribution in [0, 0.1) is 6.57 Å². The molecule has 0 spiro atoms. The first kappa shape index (κ1) is 9.56. The first-order chi connectivity index (χ1) is 6.26. The van der Waals surface area contributed by atoms with Crippen LogP contribution < -0.4 is 5.32 Å². The predicted molar refractivity (Wildman–Crippen MR) is 52.1 cm³/mol. The minimum atomic E-state index is -0.253. The van der Waals surface area contributed by atoms with E-state index in [2.05, 4.69) is 10.2 Å². The van der Waals surface area contributed by atoms with Crippen LogP contribution in [0.2, 0.25) is 0 Å². The Morgan fingerprint density at radius 2 is 2.08 bits per heavy atom. The number of benzene rings is 1. The Morgan fingerprint density at radius 1 is 1.46 bits per heavy atom. The van der Waals surface area contributed by atoms with Crippen LogP contribution in [-0.4, -0.2) is 11.8 Å². The smallest absolute Gasteiger partial charge is 0.239 e. The number of nitrogens with one attached hydrogen (secondary N) is 1. The molecule has 3 nitrogen and oxygen atoms in total. The van der Waals surface area contributed by atoms with E-state index in [-0.39, 0.29) is 11.8 Å². The Balaban J connectivity index is 2.71. The maximum Gasteiger partial charge on any atom is 0.239 e. The third-order valence-corrected chi connectivity index (χ3v) is 1.64. The van der Waals surface area contributed by atoms with Gasteiger partial charge in [0.05, 0.1) is 6.57 Å². The molecule has 1 rings (SSSR count). The van der Waals surface area contributed by atoms with Crippen LogP contribution in [0.1, 0.15) is 0 Å².